The van der Waals surface area contributed by atoms with E-state index in [-0.39, 0.29) is 5.41 Å². The molecule has 0 bridgehead atoms. The number of hydrogen-bond donors (Lipinski definition) is 0. The summed E-state index contributed by atoms with van der Waals surface area (Å²) in [5.74, 6) is 0.486. The summed E-state index contributed by atoms with van der Waals surface area (Å²) >= 11 is 1.92. The fraction of sp³-hybridized carbons (Fsp3) is 0.209. The summed E-state index contributed by atoms with van der Waals surface area (Å²) in [4.78, 5) is 0. The van der Waals surface area contributed by atoms with Crippen LogP contribution < -0.4 is 0 Å². The van der Waals surface area contributed by atoms with Crippen LogP contribution in [0.5, 0.6) is 0 Å². The number of fused-ring (bicyclic) bond motifs is 10. The fourth-order valence-corrected chi connectivity index (χ4v) is 8.99. The highest BCUT2D eigenvalue weighted by molar-refractivity contribution is 7.25. The molecule has 0 fully saturated rings. The van der Waals surface area contributed by atoms with Gasteiger partial charge in [0.1, 0.15) is 0 Å². The summed E-state index contributed by atoms with van der Waals surface area (Å²) in [5.41, 5.74) is 12.3. The second-order valence-corrected chi connectivity index (χ2v) is 14.2. The van der Waals surface area contributed by atoms with Crippen molar-refractivity contribution in [1.82, 2.24) is 4.57 Å². The molecule has 2 heteroatoms. The average Bonchev–Trinajstić information content (AvgIpc) is 3.66. The Labute approximate surface area is 270 Å². The van der Waals surface area contributed by atoms with Gasteiger partial charge in [-0.3, -0.25) is 0 Å². The van der Waals surface area contributed by atoms with Crippen LogP contribution >= 0.6 is 11.3 Å². The maximum atomic E-state index is 2.59. The molecule has 1 unspecified atom stereocenters. The zero-order valence-corrected chi connectivity index (χ0v) is 27.4. The molecule has 2 aromatic heterocycles. The molecule has 8 rings (SSSR count). The van der Waals surface area contributed by atoms with Crippen LogP contribution in [0.25, 0.3) is 54.0 Å². The first kappa shape index (κ1) is 28.1. The molecular formula is C43H39NS. The minimum absolute atomic E-state index is 0.107. The Balaban J connectivity index is 1.30. The van der Waals surface area contributed by atoms with Gasteiger partial charge in [0.05, 0.1) is 5.52 Å². The molecule has 0 N–H and O–H groups in total. The summed E-state index contributed by atoms with van der Waals surface area (Å²) < 4.78 is 5.34. The van der Waals surface area contributed by atoms with Crippen molar-refractivity contribution in [1.29, 1.82) is 0 Å². The summed E-state index contributed by atoms with van der Waals surface area (Å²) in [7, 11) is 0. The van der Waals surface area contributed by atoms with Crippen LogP contribution in [0.4, 0.5) is 0 Å². The number of aromatic nitrogens is 1. The zero-order chi connectivity index (χ0) is 30.7. The Morgan fingerprint density at radius 2 is 1.71 bits per heavy atom. The number of rotatable bonds is 6. The third kappa shape index (κ3) is 4.42. The summed E-state index contributed by atoms with van der Waals surface area (Å²) in [6, 6.07) is 28.0. The largest absolute Gasteiger partial charge is 0.313 e. The van der Waals surface area contributed by atoms with Crippen LogP contribution in [0.3, 0.4) is 0 Å². The number of benzene rings is 4. The lowest BCUT2D eigenvalue weighted by Crippen LogP contribution is -2.16. The number of nitrogens with zero attached hydrogens (tertiary/aromatic N) is 1. The quantitative estimate of drug-likeness (QED) is 0.132. The highest BCUT2D eigenvalue weighted by atomic mass is 32.1. The van der Waals surface area contributed by atoms with E-state index in [1.807, 2.05) is 11.3 Å². The third-order valence-corrected chi connectivity index (χ3v) is 11.2. The Morgan fingerprint density at radius 1 is 0.844 bits per heavy atom. The Kier molecular flexibility index (Phi) is 6.80. The molecule has 0 aliphatic heterocycles. The van der Waals surface area contributed by atoms with Gasteiger partial charge in [-0.2, -0.15) is 0 Å². The Morgan fingerprint density at radius 3 is 2.58 bits per heavy atom. The van der Waals surface area contributed by atoms with Gasteiger partial charge in [-0.1, -0.05) is 105 Å². The van der Waals surface area contributed by atoms with Gasteiger partial charge in [0.2, 0.25) is 0 Å². The molecule has 2 heterocycles. The smallest absolute Gasteiger partial charge is 0.0540 e. The minimum atomic E-state index is -0.107. The third-order valence-electron chi connectivity index (χ3n) is 10.0. The van der Waals surface area contributed by atoms with Gasteiger partial charge in [0, 0.05) is 47.9 Å². The summed E-state index contributed by atoms with van der Waals surface area (Å²) in [6.45, 7) is 9.04. The van der Waals surface area contributed by atoms with Gasteiger partial charge in [-0.05, 0) is 97.2 Å². The summed E-state index contributed by atoms with van der Waals surface area (Å²) in [5, 5.41) is 4.17. The van der Waals surface area contributed by atoms with Crippen LogP contribution in [-0.2, 0) is 18.3 Å². The van der Waals surface area contributed by atoms with Gasteiger partial charge < -0.3 is 4.57 Å². The van der Waals surface area contributed by atoms with Crippen LogP contribution in [0, 0.1) is 5.92 Å². The average molecular weight is 602 g/mol. The van der Waals surface area contributed by atoms with E-state index in [1.165, 1.54) is 75.8 Å². The SMILES string of the molecule is C/C=C\C=C/CC1C=Cc2c(n(-c3ccc4c(c3)C(C)(C)c3c-4ccc4sc5ccccc5c34)c3cc(C/C=C\C)ccc23)C1. The first-order valence-corrected chi connectivity index (χ1v) is 17.1. The van der Waals surface area contributed by atoms with Gasteiger partial charge in [0.25, 0.3) is 0 Å². The van der Waals surface area contributed by atoms with E-state index < -0.39 is 0 Å². The van der Waals surface area contributed by atoms with E-state index in [0.717, 1.165) is 19.3 Å². The van der Waals surface area contributed by atoms with Crippen molar-refractivity contribution in [2.24, 2.45) is 5.92 Å². The van der Waals surface area contributed by atoms with Gasteiger partial charge in [-0.25, -0.2) is 0 Å². The van der Waals surface area contributed by atoms with E-state index >= 15 is 0 Å². The molecule has 2 aliphatic rings. The van der Waals surface area contributed by atoms with Crippen molar-refractivity contribution in [3.63, 3.8) is 0 Å². The molecule has 0 amide bonds. The highest BCUT2D eigenvalue weighted by Crippen LogP contribution is 2.54. The first-order valence-electron chi connectivity index (χ1n) is 16.3. The van der Waals surface area contributed by atoms with Crippen LogP contribution in [0.2, 0.25) is 0 Å². The maximum absolute atomic E-state index is 2.59. The molecule has 0 saturated carbocycles. The Bertz CT molecular complexity index is 2240. The lowest BCUT2D eigenvalue weighted by Gasteiger charge is -2.24. The molecule has 45 heavy (non-hydrogen) atoms. The lowest BCUT2D eigenvalue weighted by atomic mass is 9.80. The topological polar surface area (TPSA) is 4.93 Å². The number of allylic oxidation sites excluding steroid dienone is 7. The molecule has 0 saturated heterocycles. The van der Waals surface area contributed by atoms with Crippen molar-refractivity contribution in [2.75, 3.05) is 0 Å². The molecule has 1 nitrogen and oxygen atoms in total. The van der Waals surface area contributed by atoms with Crippen LogP contribution in [0.1, 0.15) is 62.1 Å². The second-order valence-electron chi connectivity index (χ2n) is 13.1. The minimum Gasteiger partial charge on any atom is -0.313 e. The van der Waals surface area contributed by atoms with Crippen LogP contribution in [-0.4, -0.2) is 4.57 Å². The predicted octanol–water partition coefficient (Wildman–Crippen LogP) is 12.1. The standard InChI is InChI=1S/C43H39NS/c1-5-7-9-10-14-29-18-21-33-32-20-17-28(13-8-6-2)25-37(32)44(38(33)26-29)30-19-22-31-34-23-24-40-41(35-15-11-12-16-39(35)45-40)42(34)43(3,4)36(31)27-30/h5-12,15-25,27,29H,13-14,26H2,1-4H3/b7-5-,8-6-,10-9-. The van der Waals surface area contributed by atoms with E-state index in [9.17, 15) is 0 Å². The first-order chi connectivity index (χ1) is 22.0. The highest BCUT2D eigenvalue weighted by Gasteiger charge is 2.38. The second kappa shape index (κ2) is 10.9. The monoisotopic (exact) mass is 601 g/mol. The lowest BCUT2D eigenvalue weighted by molar-refractivity contribution is 0.634. The van der Waals surface area contributed by atoms with E-state index in [1.54, 1.807) is 0 Å². The molecule has 6 aromatic rings. The molecule has 4 aromatic carbocycles. The molecule has 222 valence electrons. The van der Waals surface area contributed by atoms with Crippen molar-refractivity contribution in [2.45, 2.75) is 52.4 Å². The predicted molar refractivity (Wildman–Crippen MR) is 197 cm³/mol. The van der Waals surface area contributed by atoms with Crippen molar-refractivity contribution in [3.8, 4) is 16.8 Å². The fourth-order valence-electron chi connectivity index (χ4n) is 7.88. The van der Waals surface area contributed by atoms with Gasteiger partial charge in [-0.15, -0.1) is 11.3 Å². The van der Waals surface area contributed by atoms with Crippen LogP contribution in [0.15, 0.2) is 115 Å². The van der Waals surface area contributed by atoms with Gasteiger partial charge in [0.15, 0.2) is 0 Å². The Hall–Kier alpha value is -4.40. The van der Waals surface area contributed by atoms with E-state index in [0.29, 0.717) is 5.92 Å². The van der Waals surface area contributed by atoms with E-state index in [2.05, 4.69) is 154 Å². The van der Waals surface area contributed by atoms with Crippen molar-refractivity contribution >= 4 is 48.5 Å². The molecular weight excluding hydrogens is 563 g/mol. The zero-order valence-electron chi connectivity index (χ0n) is 26.6. The maximum Gasteiger partial charge on any atom is 0.0540 e. The summed E-state index contributed by atoms with van der Waals surface area (Å²) in [6.07, 6.45) is 21.0. The normalized spacial score (nSPS) is 17.0. The molecule has 0 radical (unpaired) electrons. The molecule has 2 aliphatic carbocycles. The van der Waals surface area contributed by atoms with Gasteiger partial charge >= 0.3 is 0 Å². The molecule has 1 atom stereocenters. The number of thiophene rings is 1. The number of hydrogen-bond acceptors (Lipinski definition) is 1. The van der Waals surface area contributed by atoms with Crippen molar-refractivity contribution < 1.29 is 0 Å². The molecule has 0 spiro atoms. The van der Waals surface area contributed by atoms with Crippen molar-refractivity contribution in [3.05, 3.63) is 143 Å². The van der Waals surface area contributed by atoms with E-state index in [4.69, 9.17) is 0 Å².